The van der Waals surface area contributed by atoms with Gasteiger partial charge in [-0.05, 0) is 37.5 Å². The monoisotopic (exact) mass is 232 g/mol. The Labute approximate surface area is 103 Å². The molecule has 0 N–H and O–H groups in total. The van der Waals surface area contributed by atoms with Gasteiger partial charge in [-0.1, -0.05) is 37.6 Å². The normalized spacial score (nSPS) is 11.4. The zero-order valence-corrected chi connectivity index (χ0v) is 10.8. The fourth-order valence-corrected chi connectivity index (χ4v) is 1.46. The Morgan fingerprint density at radius 3 is 2.71 bits per heavy atom. The average Bonchev–Trinajstić information content (AvgIpc) is 2.32. The third-order valence-electron chi connectivity index (χ3n) is 2.61. The van der Waals surface area contributed by atoms with Crippen LogP contribution in [0.2, 0.25) is 0 Å². The van der Waals surface area contributed by atoms with E-state index in [1.54, 1.807) is 6.92 Å². The van der Waals surface area contributed by atoms with E-state index in [0.29, 0.717) is 12.2 Å². The number of aryl methyl sites for hydroxylation is 1. The highest BCUT2D eigenvalue weighted by Crippen LogP contribution is 2.12. The number of hydrogen-bond donors (Lipinski definition) is 0. The zero-order valence-electron chi connectivity index (χ0n) is 10.8. The molecule has 2 heteroatoms. The van der Waals surface area contributed by atoms with Crippen LogP contribution in [0.15, 0.2) is 29.8 Å². The van der Waals surface area contributed by atoms with Crippen molar-refractivity contribution < 1.29 is 9.53 Å². The first-order valence-corrected chi connectivity index (χ1v) is 6.06. The van der Waals surface area contributed by atoms with Crippen molar-refractivity contribution in [1.82, 2.24) is 0 Å². The van der Waals surface area contributed by atoms with Crippen molar-refractivity contribution in [3.8, 4) is 0 Å². The SMILES string of the molecule is CCCCOC(=O)/C(C)=C/c1ccccc1C. The highest BCUT2D eigenvalue weighted by atomic mass is 16.5. The number of benzene rings is 1. The van der Waals surface area contributed by atoms with E-state index in [0.717, 1.165) is 24.0 Å². The van der Waals surface area contributed by atoms with Crippen molar-refractivity contribution in [1.29, 1.82) is 0 Å². The topological polar surface area (TPSA) is 26.3 Å². The molecule has 1 rings (SSSR count). The molecule has 0 atom stereocenters. The number of rotatable bonds is 5. The Hall–Kier alpha value is -1.57. The molecule has 0 saturated carbocycles. The molecule has 0 radical (unpaired) electrons. The summed E-state index contributed by atoms with van der Waals surface area (Å²) in [5.41, 5.74) is 2.88. The van der Waals surface area contributed by atoms with Crippen molar-refractivity contribution >= 4 is 12.0 Å². The van der Waals surface area contributed by atoms with Gasteiger partial charge in [0, 0.05) is 5.57 Å². The van der Waals surface area contributed by atoms with Gasteiger partial charge in [0.15, 0.2) is 0 Å². The maximum absolute atomic E-state index is 11.6. The summed E-state index contributed by atoms with van der Waals surface area (Å²) in [7, 11) is 0. The number of hydrogen-bond acceptors (Lipinski definition) is 2. The summed E-state index contributed by atoms with van der Waals surface area (Å²) in [6.07, 6.45) is 3.83. The summed E-state index contributed by atoms with van der Waals surface area (Å²) in [5, 5.41) is 0. The van der Waals surface area contributed by atoms with E-state index < -0.39 is 0 Å². The highest BCUT2D eigenvalue weighted by Gasteiger charge is 2.05. The summed E-state index contributed by atoms with van der Waals surface area (Å²) < 4.78 is 5.15. The van der Waals surface area contributed by atoms with Crippen LogP contribution < -0.4 is 0 Å². The number of carbonyl (C=O) groups is 1. The third-order valence-corrected chi connectivity index (χ3v) is 2.61. The Morgan fingerprint density at radius 2 is 2.06 bits per heavy atom. The second kappa shape index (κ2) is 6.89. The van der Waals surface area contributed by atoms with Gasteiger partial charge in [0.05, 0.1) is 6.61 Å². The molecule has 0 aliphatic rings. The van der Waals surface area contributed by atoms with Crippen LogP contribution in [0.3, 0.4) is 0 Å². The highest BCUT2D eigenvalue weighted by molar-refractivity contribution is 5.93. The number of esters is 1. The Bertz CT molecular complexity index is 405. The van der Waals surface area contributed by atoms with Crippen LogP contribution in [0, 0.1) is 6.92 Å². The summed E-state index contributed by atoms with van der Waals surface area (Å²) in [6.45, 7) is 6.40. The van der Waals surface area contributed by atoms with Gasteiger partial charge in [-0.25, -0.2) is 4.79 Å². The second-order valence-corrected chi connectivity index (χ2v) is 4.17. The average molecular weight is 232 g/mol. The maximum atomic E-state index is 11.6. The van der Waals surface area contributed by atoms with Gasteiger partial charge in [-0.3, -0.25) is 0 Å². The molecule has 2 nitrogen and oxygen atoms in total. The van der Waals surface area contributed by atoms with Gasteiger partial charge in [-0.15, -0.1) is 0 Å². The molecule has 0 aliphatic carbocycles. The molecule has 0 bridgehead atoms. The standard InChI is InChI=1S/C15H20O2/c1-4-5-10-17-15(16)13(3)11-14-9-7-6-8-12(14)2/h6-9,11H,4-5,10H2,1-3H3/b13-11+. The van der Waals surface area contributed by atoms with Gasteiger partial charge in [0.25, 0.3) is 0 Å². The fourth-order valence-electron chi connectivity index (χ4n) is 1.46. The van der Waals surface area contributed by atoms with E-state index in [9.17, 15) is 4.79 Å². The first-order valence-electron chi connectivity index (χ1n) is 6.06. The summed E-state index contributed by atoms with van der Waals surface area (Å²) in [6, 6.07) is 7.98. The predicted molar refractivity (Wildman–Crippen MR) is 70.7 cm³/mol. The lowest BCUT2D eigenvalue weighted by molar-refractivity contribution is -0.138. The second-order valence-electron chi connectivity index (χ2n) is 4.17. The molecule has 1 aromatic rings. The lowest BCUT2D eigenvalue weighted by atomic mass is 10.1. The summed E-state index contributed by atoms with van der Waals surface area (Å²) in [4.78, 5) is 11.6. The molecule has 17 heavy (non-hydrogen) atoms. The third kappa shape index (κ3) is 4.43. The molecule has 1 aromatic carbocycles. The Kier molecular flexibility index (Phi) is 5.47. The van der Waals surface area contributed by atoms with Gasteiger partial charge in [0.1, 0.15) is 0 Å². The number of carbonyl (C=O) groups excluding carboxylic acids is 1. The molecule has 92 valence electrons. The first kappa shape index (κ1) is 13.5. The molecule has 0 aliphatic heterocycles. The molecule has 0 unspecified atom stereocenters. The minimum Gasteiger partial charge on any atom is -0.462 e. The van der Waals surface area contributed by atoms with Crippen molar-refractivity contribution in [3.63, 3.8) is 0 Å². The van der Waals surface area contributed by atoms with Crippen LogP contribution in [0.25, 0.3) is 6.08 Å². The lowest BCUT2D eigenvalue weighted by Crippen LogP contribution is -2.06. The van der Waals surface area contributed by atoms with Crippen LogP contribution in [0.1, 0.15) is 37.8 Å². The van der Waals surface area contributed by atoms with Crippen LogP contribution in [0.4, 0.5) is 0 Å². The first-order chi connectivity index (χ1) is 8.15. The van der Waals surface area contributed by atoms with E-state index in [4.69, 9.17) is 4.74 Å². The number of ether oxygens (including phenoxy) is 1. The van der Waals surface area contributed by atoms with Crippen molar-refractivity contribution in [2.45, 2.75) is 33.6 Å². The minimum atomic E-state index is -0.221. The van der Waals surface area contributed by atoms with Crippen molar-refractivity contribution in [2.24, 2.45) is 0 Å². The molecule has 0 spiro atoms. The Balaban J connectivity index is 2.66. The van der Waals surface area contributed by atoms with Gasteiger partial charge in [0.2, 0.25) is 0 Å². The van der Waals surface area contributed by atoms with E-state index in [1.807, 2.05) is 37.3 Å². The molecule has 0 aromatic heterocycles. The molecule has 0 amide bonds. The van der Waals surface area contributed by atoms with E-state index in [1.165, 1.54) is 0 Å². The van der Waals surface area contributed by atoms with Gasteiger partial charge < -0.3 is 4.74 Å². The van der Waals surface area contributed by atoms with Crippen LogP contribution in [-0.2, 0) is 9.53 Å². The van der Waals surface area contributed by atoms with Gasteiger partial charge in [-0.2, -0.15) is 0 Å². The maximum Gasteiger partial charge on any atom is 0.333 e. The zero-order chi connectivity index (χ0) is 12.7. The van der Waals surface area contributed by atoms with Gasteiger partial charge >= 0.3 is 5.97 Å². The quantitative estimate of drug-likeness (QED) is 0.439. The molecular formula is C15H20O2. The van der Waals surface area contributed by atoms with E-state index >= 15 is 0 Å². The lowest BCUT2D eigenvalue weighted by Gasteiger charge is -2.05. The van der Waals surface area contributed by atoms with Crippen LogP contribution in [0.5, 0.6) is 0 Å². The van der Waals surface area contributed by atoms with E-state index in [2.05, 4.69) is 6.92 Å². The summed E-state index contributed by atoms with van der Waals surface area (Å²) in [5.74, 6) is -0.221. The molecule has 0 saturated heterocycles. The molecule has 0 fully saturated rings. The van der Waals surface area contributed by atoms with Crippen LogP contribution >= 0.6 is 0 Å². The van der Waals surface area contributed by atoms with E-state index in [-0.39, 0.29) is 5.97 Å². The predicted octanol–water partition coefficient (Wildman–Crippen LogP) is 3.74. The fraction of sp³-hybridized carbons (Fsp3) is 0.400. The smallest absolute Gasteiger partial charge is 0.333 e. The largest absolute Gasteiger partial charge is 0.462 e. The number of unbranched alkanes of at least 4 members (excludes halogenated alkanes) is 1. The van der Waals surface area contributed by atoms with Crippen LogP contribution in [-0.4, -0.2) is 12.6 Å². The molecular weight excluding hydrogens is 212 g/mol. The Morgan fingerprint density at radius 1 is 1.35 bits per heavy atom. The van der Waals surface area contributed by atoms with Crippen molar-refractivity contribution in [2.75, 3.05) is 6.61 Å². The summed E-state index contributed by atoms with van der Waals surface area (Å²) >= 11 is 0. The molecule has 0 heterocycles. The van der Waals surface area contributed by atoms with Crippen molar-refractivity contribution in [3.05, 3.63) is 41.0 Å². The minimum absolute atomic E-state index is 0.221.